The summed E-state index contributed by atoms with van der Waals surface area (Å²) in [5.74, 6) is 0. The molecule has 4 nitrogen and oxygen atoms in total. The van der Waals surface area contributed by atoms with Gasteiger partial charge in [0.1, 0.15) is 4.60 Å². The topological polar surface area (TPSA) is 53.6 Å². The van der Waals surface area contributed by atoms with Gasteiger partial charge in [0, 0.05) is 12.4 Å². The quantitative estimate of drug-likeness (QED) is 0.881. The van der Waals surface area contributed by atoms with Gasteiger partial charge in [0.15, 0.2) is 0 Å². The first-order valence-corrected chi connectivity index (χ1v) is 4.97. The summed E-state index contributed by atoms with van der Waals surface area (Å²) in [6.07, 6.45) is 3.53. The molecule has 0 saturated heterocycles. The second-order valence-corrected chi connectivity index (χ2v) is 3.62. The van der Waals surface area contributed by atoms with Crippen molar-refractivity contribution in [3.05, 3.63) is 40.9 Å². The second kappa shape index (κ2) is 4.23. The highest BCUT2D eigenvalue weighted by Gasteiger charge is 1.97. The molecule has 2 N–H and O–H groups in total. The van der Waals surface area contributed by atoms with E-state index in [4.69, 9.17) is 0 Å². The largest absolute Gasteiger partial charge is 0.378 e. The maximum absolute atomic E-state index is 4.00. The average Bonchev–Trinajstić information content (AvgIpc) is 2.63. The molecule has 0 saturated carbocycles. The van der Waals surface area contributed by atoms with Crippen molar-refractivity contribution in [2.45, 2.75) is 6.54 Å². The maximum atomic E-state index is 4.00. The van der Waals surface area contributed by atoms with Crippen molar-refractivity contribution in [1.82, 2.24) is 15.2 Å². The van der Waals surface area contributed by atoms with E-state index in [1.165, 1.54) is 0 Å². The van der Waals surface area contributed by atoms with Crippen LogP contribution in [0.3, 0.4) is 0 Å². The van der Waals surface area contributed by atoms with Gasteiger partial charge in [0.25, 0.3) is 0 Å². The molecule has 0 aliphatic carbocycles. The average molecular weight is 253 g/mol. The molecule has 0 aliphatic heterocycles. The Morgan fingerprint density at radius 3 is 3.07 bits per heavy atom. The summed E-state index contributed by atoms with van der Waals surface area (Å²) < 4.78 is 0.820. The molecule has 0 spiro atoms. The lowest BCUT2D eigenvalue weighted by Crippen LogP contribution is -1.99. The van der Waals surface area contributed by atoms with Gasteiger partial charge in [0.2, 0.25) is 0 Å². The molecule has 2 aromatic rings. The van der Waals surface area contributed by atoms with E-state index in [0.29, 0.717) is 6.54 Å². The van der Waals surface area contributed by atoms with E-state index in [0.717, 1.165) is 16.0 Å². The first-order chi connectivity index (χ1) is 6.84. The molecule has 5 heteroatoms. The minimum absolute atomic E-state index is 0.713. The lowest BCUT2D eigenvalue weighted by atomic mass is 10.4. The van der Waals surface area contributed by atoms with Crippen LogP contribution in [-0.4, -0.2) is 15.2 Å². The third-order valence-corrected chi connectivity index (χ3v) is 2.15. The fourth-order valence-corrected chi connectivity index (χ4v) is 1.45. The van der Waals surface area contributed by atoms with Crippen molar-refractivity contribution in [2.24, 2.45) is 0 Å². The number of halogens is 1. The number of H-pyrrole nitrogens is 1. The number of nitrogens with zero attached hydrogens (tertiary/aromatic N) is 2. The van der Waals surface area contributed by atoms with Crippen molar-refractivity contribution < 1.29 is 0 Å². The zero-order chi connectivity index (χ0) is 9.80. The van der Waals surface area contributed by atoms with E-state index in [9.17, 15) is 0 Å². The summed E-state index contributed by atoms with van der Waals surface area (Å²) >= 11 is 3.28. The van der Waals surface area contributed by atoms with Crippen LogP contribution in [-0.2, 0) is 6.54 Å². The van der Waals surface area contributed by atoms with Crippen molar-refractivity contribution in [1.29, 1.82) is 0 Å². The van der Waals surface area contributed by atoms with Crippen molar-refractivity contribution in [3.8, 4) is 0 Å². The van der Waals surface area contributed by atoms with E-state index in [2.05, 4.69) is 36.4 Å². The number of hydrogen-bond acceptors (Lipinski definition) is 3. The van der Waals surface area contributed by atoms with Gasteiger partial charge < -0.3 is 5.32 Å². The third-order valence-electron chi connectivity index (χ3n) is 1.74. The van der Waals surface area contributed by atoms with E-state index in [1.54, 1.807) is 12.4 Å². The molecule has 72 valence electrons. The van der Waals surface area contributed by atoms with Crippen LogP contribution < -0.4 is 5.32 Å². The standard InChI is InChI=1S/C9H9BrN4/c10-9-4-8(13-14-9)6-12-7-2-1-3-11-5-7/h1-5,12H,6H2,(H,13,14). The highest BCUT2D eigenvalue weighted by atomic mass is 79.9. The zero-order valence-corrected chi connectivity index (χ0v) is 8.95. The monoisotopic (exact) mass is 252 g/mol. The highest BCUT2D eigenvalue weighted by Crippen LogP contribution is 2.09. The van der Waals surface area contributed by atoms with Gasteiger partial charge in [-0.2, -0.15) is 5.10 Å². The van der Waals surface area contributed by atoms with E-state index < -0.39 is 0 Å². The molecule has 0 unspecified atom stereocenters. The SMILES string of the molecule is Brc1cc(CNc2cccnc2)[nH]n1. The predicted octanol–water partition coefficient (Wildman–Crippen LogP) is 2.18. The summed E-state index contributed by atoms with van der Waals surface area (Å²) in [5, 5.41) is 10.1. The van der Waals surface area contributed by atoms with Crippen molar-refractivity contribution in [3.63, 3.8) is 0 Å². The van der Waals surface area contributed by atoms with Crippen LogP contribution in [0.5, 0.6) is 0 Å². The minimum Gasteiger partial charge on any atom is -0.378 e. The molecule has 0 aromatic carbocycles. The molecule has 0 amide bonds. The van der Waals surface area contributed by atoms with Gasteiger partial charge >= 0.3 is 0 Å². The van der Waals surface area contributed by atoms with Crippen molar-refractivity contribution in [2.75, 3.05) is 5.32 Å². The predicted molar refractivity (Wildman–Crippen MR) is 57.9 cm³/mol. The molecule has 0 fully saturated rings. The number of pyridine rings is 1. The van der Waals surface area contributed by atoms with Gasteiger partial charge in [-0.05, 0) is 34.1 Å². The molecule has 14 heavy (non-hydrogen) atoms. The minimum atomic E-state index is 0.713. The fourth-order valence-electron chi connectivity index (χ4n) is 1.09. The number of hydrogen-bond donors (Lipinski definition) is 2. The molecule has 2 rings (SSSR count). The molecule has 0 atom stereocenters. The Hall–Kier alpha value is -1.36. The number of aromatic nitrogens is 3. The van der Waals surface area contributed by atoms with E-state index in [-0.39, 0.29) is 0 Å². The normalized spacial score (nSPS) is 10.1. The Balaban J connectivity index is 1.95. The third kappa shape index (κ3) is 2.32. The molecule has 2 aromatic heterocycles. The van der Waals surface area contributed by atoms with Crippen LogP contribution in [0, 0.1) is 0 Å². The second-order valence-electron chi connectivity index (χ2n) is 2.81. The highest BCUT2D eigenvalue weighted by molar-refractivity contribution is 9.10. The van der Waals surface area contributed by atoms with Crippen LogP contribution in [0.4, 0.5) is 5.69 Å². The van der Waals surface area contributed by atoms with Crippen molar-refractivity contribution >= 4 is 21.6 Å². The maximum Gasteiger partial charge on any atom is 0.128 e. The molecule has 0 aliphatic rings. The Morgan fingerprint density at radius 1 is 1.50 bits per heavy atom. The fraction of sp³-hybridized carbons (Fsp3) is 0.111. The van der Waals surface area contributed by atoms with Gasteiger partial charge in [0.05, 0.1) is 17.9 Å². The van der Waals surface area contributed by atoms with E-state index >= 15 is 0 Å². The van der Waals surface area contributed by atoms with E-state index in [1.807, 2.05) is 18.2 Å². The Kier molecular flexibility index (Phi) is 2.78. The molecule has 0 bridgehead atoms. The van der Waals surface area contributed by atoms with Crippen LogP contribution in [0.15, 0.2) is 35.2 Å². The number of anilines is 1. The van der Waals surface area contributed by atoms with Gasteiger partial charge in [-0.3, -0.25) is 10.1 Å². The van der Waals surface area contributed by atoms with Gasteiger partial charge in [-0.1, -0.05) is 0 Å². The van der Waals surface area contributed by atoms with Crippen LogP contribution in [0.1, 0.15) is 5.69 Å². The molecular formula is C9H9BrN4. The van der Waals surface area contributed by atoms with Crippen LogP contribution in [0.2, 0.25) is 0 Å². The molecule has 0 radical (unpaired) electrons. The lowest BCUT2D eigenvalue weighted by molar-refractivity contribution is 0.974. The summed E-state index contributed by atoms with van der Waals surface area (Å²) in [6.45, 7) is 0.713. The molecular weight excluding hydrogens is 244 g/mol. The first-order valence-electron chi connectivity index (χ1n) is 4.18. The zero-order valence-electron chi connectivity index (χ0n) is 7.37. The summed E-state index contributed by atoms with van der Waals surface area (Å²) in [5.41, 5.74) is 2.03. The Morgan fingerprint density at radius 2 is 2.43 bits per heavy atom. The van der Waals surface area contributed by atoms with Crippen LogP contribution >= 0.6 is 15.9 Å². The first kappa shape index (κ1) is 9.21. The Labute approximate surface area is 89.9 Å². The summed E-state index contributed by atoms with van der Waals surface area (Å²) in [6, 6.07) is 5.80. The number of aromatic amines is 1. The Bertz CT molecular complexity index is 398. The summed E-state index contributed by atoms with van der Waals surface area (Å²) in [4.78, 5) is 4.00. The smallest absolute Gasteiger partial charge is 0.128 e. The van der Waals surface area contributed by atoms with Crippen LogP contribution in [0.25, 0.3) is 0 Å². The number of rotatable bonds is 3. The molecule has 2 heterocycles. The summed E-state index contributed by atoms with van der Waals surface area (Å²) in [7, 11) is 0. The lowest BCUT2D eigenvalue weighted by Gasteiger charge is -2.02. The van der Waals surface area contributed by atoms with Gasteiger partial charge in [-0.25, -0.2) is 0 Å². The van der Waals surface area contributed by atoms with Gasteiger partial charge in [-0.15, -0.1) is 0 Å². The number of nitrogens with one attached hydrogen (secondary N) is 2.